The van der Waals surface area contributed by atoms with Crippen molar-refractivity contribution in [1.82, 2.24) is 20.1 Å². The Morgan fingerprint density at radius 1 is 1.07 bits per heavy atom. The summed E-state index contributed by atoms with van der Waals surface area (Å²) in [5.74, 6) is 1.06. The molecule has 210 valence electrons. The third-order valence-electron chi connectivity index (χ3n) is 9.03. The van der Waals surface area contributed by atoms with Crippen LogP contribution in [0.25, 0.3) is 10.9 Å². The molecule has 0 radical (unpaired) electrons. The van der Waals surface area contributed by atoms with E-state index in [4.69, 9.17) is 14.5 Å². The number of piperidine rings is 1. The van der Waals surface area contributed by atoms with Crippen LogP contribution in [0, 0.1) is 5.82 Å². The SMILES string of the molecule is O=C1c2ccc(O[C@H]3CCN(Cc4cc(F)c5nc(C6CCOCC6)ccc5c4)C3)cc2CN1[C@@H]1CCCNC1. The molecule has 7 rings (SSSR count). The van der Waals surface area contributed by atoms with Gasteiger partial charge in [-0.2, -0.15) is 0 Å². The minimum Gasteiger partial charge on any atom is -0.489 e. The summed E-state index contributed by atoms with van der Waals surface area (Å²) in [5.41, 5.74) is 4.25. The van der Waals surface area contributed by atoms with E-state index in [1.54, 1.807) is 6.07 Å². The molecule has 1 N–H and O–H groups in total. The first-order valence-corrected chi connectivity index (χ1v) is 14.8. The van der Waals surface area contributed by atoms with Crippen LogP contribution in [0.4, 0.5) is 4.39 Å². The highest BCUT2D eigenvalue weighted by atomic mass is 19.1. The van der Waals surface area contributed by atoms with Gasteiger partial charge in [-0.05, 0) is 86.2 Å². The average molecular weight is 545 g/mol. The van der Waals surface area contributed by atoms with Crippen molar-refractivity contribution >= 4 is 16.8 Å². The summed E-state index contributed by atoms with van der Waals surface area (Å²) < 4.78 is 27.0. The van der Waals surface area contributed by atoms with E-state index in [9.17, 15) is 4.79 Å². The molecule has 3 aromatic rings. The lowest BCUT2D eigenvalue weighted by Crippen LogP contribution is -2.46. The maximum Gasteiger partial charge on any atom is 0.254 e. The monoisotopic (exact) mass is 544 g/mol. The van der Waals surface area contributed by atoms with E-state index in [0.29, 0.717) is 24.5 Å². The summed E-state index contributed by atoms with van der Waals surface area (Å²) >= 11 is 0. The number of ether oxygens (including phenoxy) is 2. The number of pyridine rings is 1. The fourth-order valence-electron chi connectivity index (χ4n) is 6.85. The maximum absolute atomic E-state index is 15.2. The average Bonchev–Trinajstić information content (AvgIpc) is 3.56. The Kier molecular flexibility index (Phi) is 7.16. The van der Waals surface area contributed by atoms with Crippen molar-refractivity contribution in [2.24, 2.45) is 0 Å². The first-order valence-electron chi connectivity index (χ1n) is 14.8. The Labute approximate surface area is 234 Å². The maximum atomic E-state index is 15.2. The quantitative estimate of drug-likeness (QED) is 0.488. The number of rotatable bonds is 6. The van der Waals surface area contributed by atoms with Crippen molar-refractivity contribution in [2.75, 3.05) is 39.4 Å². The summed E-state index contributed by atoms with van der Waals surface area (Å²) in [7, 11) is 0. The van der Waals surface area contributed by atoms with Gasteiger partial charge in [0.05, 0.1) is 0 Å². The van der Waals surface area contributed by atoms with E-state index < -0.39 is 0 Å². The lowest BCUT2D eigenvalue weighted by molar-refractivity contribution is 0.0674. The largest absolute Gasteiger partial charge is 0.489 e. The molecule has 0 saturated carbocycles. The molecule has 2 atom stereocenters. The fourth-order valence-corrected chi connectivity index (χ4v) is 6.85. The van der Waals surface area contributed by atoms with Gasteiger partial charge in [0, 0.05) is 74.5 Å². The number of benzene rings is 2. The molecule has 7 nitrogen and oxygen atoms in total. The Morgan fingerprint density at radius 2 is 1.98 bits per heavy atom. The molecule has 1 aromatic heterocycles. The number of hydrogen-bond donors (Lipinski definition) is 1. The Bertz CT molecular complexity index is 1400. The predicted octanol–water partition coefficient (Wildman–Crippen LogP) is 4.63. The second-order valence-electron chi connectivity index (χ2n) is 11.8. The van der Waals surface area contributed by atoms with Crippen LogP contribution in [-0.4, -0.2) is 72.2 Å². The molecular weight excluding hydrogens is 507 g/mol. The first kappa shape index (κ1) is 25.9. The van der Waals surface area contributed by atoms with Gasteiger partial charge in [0.15, 0.2) is 0 Å². The van der Waals surface area contributed by atoms with E-state index in [2.05, 4.69) is 22.3 Å². The van der Waals surface area contributed by atoms with Gasteiger partial charge in [0.25, 0.3) is 5.91 Å². The zero-order chi connectivity index (χ0) is 27.1. The molecule has 4 aliphatic heterocycles. The molecule has 3 saturated heterocycles. The molecule has 4 aliphatic rings. The lowest BCUT2D eigenvalue weighted by Gasteiger charge is -2.31. The standard InChI is InChI=1S/C32H37FN4O3/c33-29-15-21(14-23-3-6-30(35-31(23)29)22-8-12-39-13-9-22)18-36-11-7-27(20-36)40-26-4-5-28-24(16-26)19-37(32(28)38)25-2-1-10-34-17-25/h3-6,14-16,22,25,27,34H,1-2,7-13,17-20H2/t25-,27+/m1/s1. The number of likely N-dealkylation sites (tertiary alicyclic amines) is 1. The second-order valence-corrected chi connectivity index (χ2v) is 11.8. The number of hydrogen-bond acceptors (Lipinski definition) is 6. The van der Waals surface area contributed by atoms with Crippen LogP contribution in [0.3, 0.4) is 0 Å². The lowest BCUT2D eigenvalue weighted by atomic mass is 9.95. The molecule has 0 unspecified atom stereocenters. The molecular formula is C32H37FN4O3. The predicted molar refractivity (Wildman–Crippen MR) is 151 cm³/mol. The number of aromatic nitrogens is 1. The number of carbonyl (C=O) groups is 1. The summed E-state index contributed by atoms with van der Waals surface area (Å²) in [6.45, 7) is 6.42. The Hall–Kier alpha value is -3.07. The van der Waals surface area contributed by atoms with Gasteiger partial charge >= 0.3 is 0 Å². The second kappa shape index (κ2) is 11.1. The van der Waals surface area contributed by atoms with Crippen LogP contribution < -0.4 is 10.1 Å². The van der Waals surface area contributed by atoms with Crippen LogP contribution >= 0.6 is 0 Å². The molecule has 40 heavy (non-hydrogen) atoms. The van der Waals surface area contributed by atoms with Crippen molar-refractivity contribution in [2.45, 2.75) is 63.3 Å². The summed E-state index contributed by atoms with van der Waals surface area (Å²) in [5, 5.41) is 4.27. The number of amides is 1. The fraction of sp³-hybridized carbons (Fsp3) is 0.500. The highest BCUT2D eigenvalue weighted by Crippen LogP contribution is 2.32. The van der Waals surface area contributed by atoms with Gasteiger partial charge in [-0.15, -0.1) is 0 Å². The summed E-state index contributed by atoms with van der Waals surface area (Å²) in [6, 6.07) is 14.0. The zero-order valence-electron chi connectivity index (χ0n) is 22.9. The van der Waals surface area contributed by atoms with Crippen LogP contribution in [0.1, 0.15) is 65.2 Å². The highest BCUT2D eigenvalue weighted by Gasteiger charge is 2.34. The first-order chi connectivity index (χ1) is 19.6. The van der Waals surface area contributed by atoms with E-state index in [1.165, 1.54) is 0 Å². The van der Waals surface area contributed by atoms with Crippen LogP contribution in [0.5, 0.6) is 5.75 Å². The minimum absolute atomic E-state index is 0.0720. The normalized spacial score (nSPS) is 24.1. The van der Waals surface area contributed by atoms with E-state index >= 15 is 4.39 Å². The smallest absolute Gasteiger partial charge is 0.254 e. The van der Waals surface area contributed by atoms with Crippen molar-refractivity contribution in [3.8, 4) is 5.75 Å². The Morgan fingerprint density at radius 3 is 2.83 bits per heavy atom. The van der Waals surface area contributed by atoms with E-state index in [1.807, 2.05) is 29.2 Å². The minimum atomic E-state index is -0.251. The number of nitrogens with zero attached hydrogens (tertiary/aromatic N) is 3. The summed E-state index contributed by atoms with van der Waals surface area (Å²) in [6.07, 6.45) is 5.04. The van der Waals surface area contributed by atoms with Gasteiger partial charge in [-0.1, -0.05) is 6.07 Å². The van der Waals surface area contributed by atoms with Gasteiger partial charge < -0.3 is 19.7 Å². The molecule has 1 amide bonds. The van der Waals surface area contributed by atoms with Gasteiger partial charge in [0.2, 0.25) is 0 Å². The summed E-state index contributed by atoms with van der Waals surface area (Å²) in [4.78, 5) is 22.0. The molecule has 5 heterocycles. The van der Waals surface area contributed by atoms with Crippen LogP contribution in [0.15, 0.2) is 42.5 Å². The Balaban J connectivity index is 0.977. The van der Waals surface area contributed by atoms with Crippen molar-refractivity contribution in [3.05, 3.63) is 70.7 Å². The number of fused-ring (bicyclic) bond motifs is 2. The topological polar surface area (TPSA) is 66.9 Å². The third kappa shape index (κ3) is 5.20. The number of halogens is 1. The van der Waals surface area contributed by atoms with Gasteiger partial charge in [-0.25, -0.2) is 9.37 Å². The molecule has 2 aromatic carbocycles. The van der Waals surface area contributed by atoms with Crippen molar-refractivity contribution in [3.63, 3.8) is 0 Å². The highest BCUT2D eigenvalue weighted by molar-refractivity contribution is 5.98. The van der Waals surface area contributed by atoms with Gasteiger partial charge in [0.1, 0.15) is 23.2 Å². The van der Waals surface area contributed by atoms with Crippen molar-refractivity contribution in [1.29, 1.82) is 0 Å². The number of nitrogens with one attached hydrogen (secondary N) is 1. The molecule has 0 spiro atoms. The molecule has 0 aliphatic carbocycles. The molecule has 3 fully saturated rings. The van der Waals surface area contributed by atoms with Crippen LogP contribution in [-0.2, 0) is 17.8 Å². The van der Waals surface area contributed by atoms with Gasteiger partial charge in [-0.3, -0.25) is 9.69 Å². The number of carbonyl (C=O) groups excluding carboxylic acids is 1. The van der Waals surface area contributed by atoms with Crippen LogP contribution in [0.2, 0.25) is 0 Å². The molecule has 8 heteroatoms. The van der Waals surface area contributed by atoms with Crippen molar-refractivity contribution < 1.29 is 18.7 Å². The van der Waals surface area contributed by atoms with E-state index in [-0.39, 0.29) is 23.9 Å². The third-order valence-corrected chi connectivity index (χ3v) is 9.03. The van der Waals surface area contributed by atoms with E-state index in [0.717, 1.165) is 105 Å². The zero-order valence-corrected chi connectivity index (χ0v) is 22.9. The molecule has 0 bridgehead atoms.